The number of esters is 1. The Hall–Kier alpha value is -3.02. The van der Waals surface area contributed by atoms with Crippen molar-refractivity contribution in [3.05, 3.63) is 69.3 Å². The second-order valence-corrected chi connectivity index (χ2v) is 4.39. The minimum atomic E-state index is -0.694. The molecule has 0 N–H and O–H groups in total. The lowest BCUT2D eigenvalue weighted by molar-refractivity contribution is -0.384. The molecular weight excluding hydrogens is 274 g/mol. The van der Waals surface area contributed by atoms with Gasteiger partial charge in [0, 0.05) is 17.7 Å². The number of rotatable bonds is 4. The first-order valence-electron chi connectivity index (χ1n) is 6.03. The van der Waals surface area contributed by atoms with Crippen molar-refractivity contribution in [2.45, 2.75) is 6.92 Å². The number of carbonyl (C=O) groups excluding carboxylic acids is 2. The Kier molecular flexibility index (Phi) is 4.08. The molecule has 0 atom stereocenters. The van der Waals surface area contributed by atoms with E-state index in [0.717, 1.165) is 6.07 Å². The van der Waals surface area contributed by atoms with Crippen LogP contribution in [0.4, 0.5) is 5.69 Å². The van der Waals surface area contributed by atoms with E-state index in [1.807, 2.05) is 0 Å². The number of benzene rings is 2. The topological polar surface area (TPSA) is 86.5 Å². The molecular formula is C15H11NO5. The summed E-state index contributed by atoms with van der Waals surface area (Å²) >= 11 is 0. The van der Waals surface area contributed by atoms with Crippen LogP contribution in [0.3, 0.4) is 0 Å². The molecule has 0 bridgehead atoms. The van der Waals surface area contributed by atoms with Crippen molar-refractivity contribution in [3.8, 4) is 5.75 Å². The van der Waals surface area contributed by atoms with E-state index in [0.29, 0.717) is 17.4 Å². The molecule has 2 aromatic rings. The number of aryl methyl sites for hydroxylation is 1. The van der Waals surface area contributed by atoms with Crippen LogP contribution in [0.1, 0.15) is 26.3 Å². The van der Waals surface area contributed by atoms with Crippen molar-refractivity contribution >= 4 is 17.9 Å². The molecule has 106 valence electrons. The van der Waals surface area contributed by atoms with E-state index in [9.17, 15) is 19.7 Å². The molecule has 21 heavy (non-hydrogen) atoms. The predicted octanol–water partition coefficient (Wildman–Crippen LogP) is 2.93. The first kappa shape index (κ1) is 14.4. The van der Waals surface area contributed by atoms with Crippen LogP contribution in [-0.2, 0) is 0 Å². The molecule has 0 amide bonds. The van der Waals surface area contributed by atoms with Gasteiger partial charge in [-0.15, -0.1) is 0 Å². The number of nitro groups is 1. The molecule has 0 saturated heterocycles. The maximum absolute atomic E-state index is 12.0. The molecule has 0 spiro atoms. The Bertz CT molecular complexity index is 707. The summed E-state index contributed by atoms with van der Waals surface area (Å²) in [5, 5.41) is 10.8. The Balaban J connectivity index is 2.23. The molecule has 0 aliphatic heterocycles. The summed E-state index contributed by atoms with van der Waals surface area (Å²) < 4.78 is 5.11. The molecule has 2 rings (SSSR count). The van der Waals surface area contributed by atoms with Gasteiger partial charge in [-0.3, -0.25) is 14.9 Å². The van der Waals surface area contributed by atoms with Gasteiger partial charge >= 0.3 is 5.97 Å². The van der Waals surface area contributed by atoms with Gasteiger partial charge in [-0.2, -0.15) is 0 Å². The van der Waals surface area contributed by atoms with Crippen molar-refractivity contribution in [2.75, 3.05) is 0 Å². The maximum atomic E-state index is 12.0. The number of nitro benzene ring substituents is 1. The molecule has 0 aliphatic carbocycles. The van der Waals surface area contributed by atoms with E-state index in [-0.39, 0.29) is 17.0 Å². The van der Waals surface area contributed by atoms with Crippen LogP contribution < -0.4 is 4.74 Å². The van der Waals surface area contributed by atoms with Crippen molar-refractivity contribution in [1.29, 1.82) is 0 Å². The number of non-ortho nitro benzene ring substituents is 1. The lowest BCUT2D eigenvalue weighted by atomic mass is 10.1. The average molecular weight is 285 g/mol. The standard InChI is InChI=1S/C15H11NO5/c1-10-6-12(8-13(7-10)16(19)20)15(18)21-14-4-2-11(9-17)3-5-14/h2-9H,1H3. The van der Waals surface area contributed by atoms with Gasteiger partial charge in [0.25, 0.3) is 5.69 Å². The molecule has 6 nitrogen and oxygen atoms in total. The van der Waals surface area contributed by atoms with Gasteiger partial charge in [-0.1, -0.05) is 0 Å². The van der Waals surface area contributed by atoms with E-state index >= 15 is 0 Å². The van der Waals surface area contributed by atoms with Crippen molar-refractivity contribution < 1.29 is 19.2 Å². The fourth-order valence-electron chi connectivity index (χ4n) is 1.77. The van der Waals surface area contributed by atoms with Crippen molar-refractivity contribution in [3.63, 3.8) is 0 Å². The average Bonchev–Trinajstić information content (AvgIpc) is 2.47. The second-order valence-electron chi connectivity index (χ2n) is 4.39. The fourth-order valence-corrected chi connectivity index (χ4v) is 1.77. The highest BCUT2D eigenvalue weighted by molar-refractivity contribution is 5.92. The Labute approximate surface area is 120 Å². The molecule has 0 aliphatic rings. The zero-order valence-corrected chi connectivity index (χ0v) is 11.1. The molecule has 0 unspecified atom stereocenters. The van der Waals surface area contributed by atoms with Crippen LogP contribution >= 0.6 is 0 Å². The molecule has 0 heterocycles. The van der Waals surface area contributed by atoms with E-state index in [2.05, 4.69) is 0 Å². The summed E-state index contributed by atoms with van der Waals surface area (Å²) in [6.07, 6.45) is 0.676. The quantitative estimate of drug-likeness (QED) is 0.283. The van der Waals surface area contributed by atoms with Gasteiger partial charge in [0.1, 0.15) is 12.0 Å². The smallest absolute Gasteiger partial charge is 0.343 e. The highest BCUT2D eigenvalue weighted by Crippen LogP contribution is 2.19. The third-order valence-corrected chi connectivity index (χ3v) is 2.74. The number of carbonyl (C=O) groups is 2. The Morgan fingerprint density at radius 1 is 1.19 bits per heavy atom. The van der Waals surface area contributed by atoms with Gasteiger partial charge in [0.15, 0.2) is 0 Å². The summed E-state index contributed by atoms with van der Waals surface area (Å²) in [7, 11) is 0. The number of nitrogens with zero attached hydrogens (tertiary/aromatic N) is 1. The van der Waals surface area contributed by atoms with Crippen molar-refractivity contribution in [2.24, 2.45) is 0 Å². The third kappa shape index (κ3) is 3.50. The van der Waals surface area contributed by atoms with E-state index in [4.69, 9.17) is 4.74 Å². The third-order valence-electron chi connectivity index (χ3n) is 2.74. The number of ether oxygens (including phenoxy) is 1. The lowest BCUT2D eigenvalue weighted by Gasteiger charge is -2.05. The van der Waals surface area contributed by atoms with E-state index < -0.39 is 10.9 Å². The summed E-state index contributed by atoms with van der Waals surface area (Å²) in [4.78, 5) is 32.7. The van der Waals surface area contributed by atoms with Crippen LogP contribution in [0.5, 0.6) is 5.75 Å². The summed E-state index contributed by atoms with van der Waals surface area (Å²) in [5.74, 6) is -0.435. The van der Waals surface area contributed by atoms with E-state index in [1.165, 1.54) is 36.4 Å². The molecule has 6 heteroatoms. The lowest BCUT2D eigenvalue weighted by Crippen LogP contribution is -2.09. The van der Waals surface area contributed by atoms with Gasteiger partial charge in [-0.05, 0) is 42.8 Å². The zero-order valence-electron chi connectivity index (χ0n) is 11.1. The van der Waals surface area contributed by atoms with E-state index in [1.54, 1.807) is 6.92 Å². The first-order chi connectivity index (χ1) is 9.99. The van der Waals surface area contributed by atoms with Crippen LogP contribution in [0.15, 0.2) is 42.5 Å². The largest absolute Gasteiger partial charge is 0.423 e. The summed E-state index contributed by atoms with van der Waals surface area (Å²) in [6, 6.07) is 10.0. The van der Waals surface area contributed by atoms with Gasteiger partial charge in [0.05, 0.1) is 10.5 Å². The zero-order chi connectivity index (χ0) is 15.4. The van der Waals surface area contributed by atoms with Crippen molar-refractivity contribution in [1.82, 2.24) is 0 Å². The van der Waals surface area contributed by atoms with Crippen LogP contribution in [0.25, 0.3) is 0 Å². The minimum absolute atomic E-state index is 0.0983. The number of aldehydes is 1. The van der Waals surface area contributed by atoms with Crippen LogP contribution in [0.2, 0.25) is 0 Å². The Morgan fingerprint density at radius 3 is 2.43 bits per heavy atom. The summed E-state index contributed by atoms with van der Waals surface area (Å²) in [6.45, 7) is 1.66. The first-order valence-corrected chi connectivity index (χ1v) is 6.03. The molecule has 0 radical (unpaired) electrons. The van der Waals surface area contributed by atoms with Gasteiger partial charge in [-0.25, -0.2) is 4.79 Å². The maximum Gasteiger partial charge on any atom is 0.343 e. The normalized spacial score (nSPS) is 9.95. The molecule has 0 aromatic heterocycles. The summed E-state index contributed by atoms with van der Waals surface area (Å²) in [5.41, 5.74) is 0.980. The SMILES string of the molecule is Cc1cc(C(=O)Oc2ccc(C=O)cc2)cc([N+](=O)[O-])c1. The molecule has 0 saturated carbocycles. The second kappa shape index (κ2) is 5.96. The predicted molar refractivity (Wildman–Crippen MR) is 74.6 cm³/mol. The minimum Gasteiger partial charge on any atom is -0.423 e. The number of hydrogen-bond acceptors (Lipinski definition) is 5. The van der Waals surface area contributed by atoms with Crippen LogP contribution in [-0.4, -0.2) is 17.2 Å². The van der Waals surface area contributed by atoms with Crippen LogP contribution in [0, 0.1) is 17.0 Å². The Morgan fingerprint density at radius 2 is 1.86 bits per heavy atom. The fraction of sp³-hybridized carbons (Fsp3) is 0.0667. The highest BCUT2D eigenvalue weighted by Gasteiger charge is 2.15. The highest BCUT2D eigenvalue weighted by atomic mass is 16.6. The van der Waals surface area contributed by atoms with Gasteiger partial charge < -0.3 is 4.74 Å². The molecule has 2 aromatic carbocycles. The van der Waals surface area contributed by atoms with Gasteiger partial charge in [0.2, 0.25) is 0 Å². The monoisotopic (exact) mass is 285 g/mol. The number of hydrogen-bond donors (Lipinski definition) is 0. The molecule has 0 fully saturated rings.